The fourth-order valence-corrected chi connectivity index (χ4v) is 3.04. The number of primary amides is 1. The highest BCUT2D eigenvalue weighted by molar-refractivity contribution is 5.83. The molecule has 23 heavy (non-hydrogen) atoms. The summed E-state index contributed by atoms with van der Waals surface area (Å²) >= 11 is 0. The van der Waals surface area contributed by atoms with Crippen molar-refractivity contribution in [2.75, 3.05) is 33.2 Å². The average Bonchev–Trinajstić information content (AvgIpc) is 2.54. The maximum absolute atomic E-state index is 11.9. The second-order valence-corrected chi connectivity index (χ2v) is 6.22. The second-order valence-electron chi connectivity index (χ2n) is 6.22. The Morgan fingerprint density at radius 3 is 2.52 bits per heavy atom. The largest absolute Gasteiger partial charge is 0.352 e. The first-order valence-electron chi connectivity index (χ1n) is 8.08. The van der Waals surface area contributed by atoms with Gasteiger partial charge in [-0.15, -0.1) is 0 Å². The molecule has 1 aromatic carbocycles. The van der Waals surface area contributed by atoms with Crippen LogP contribution in [0.2, 0.25) is 0 Å². The maximum atomic E-state index is 11.9. The first kappa shape index (κ1) is 17.3. The monoisotopic (exact) mass is 318 g/mol. The van der Waals surface area contributed by atoms with Gasteiger partial charge in [0.15, 0.2) is 0 Å². The number of nitrogens with zero attached hydrogens (tertiary/aromatic N) is 2. The van der Waals surface area contributed by atoms with E-state index in [0.29, 0.717) is 5.92 Å². The van der Waals surface area contributed by atoms with Gasteiger partial charge in [0.05, 0.1) is 6.54 Å². The van der Waals surface area contributed by atoms with E-state index in [1.165, 1.54) is 5.56 Å². The fraction of sp³-hybridized carbons (Fsp3) is 0.529. The van der Waals surface area contributed by atoms with Crippen LogP contribution in [0.5, 0.6) is 0 Å². The number of amides is 3. The normalized spacial score (nSPS) is 15.7. The van der Waals surface area contributed by atoms with E-state index < -0.39 is 6.03 Å². The first-order chi connectivity index (χ1) is 11.0. The van der Waals surface area contributed by atoms with E-state index in [1.54, 1.807) is 0 Å². The molecule has 0 radical (unpaired) electrons. The second kappa shape index (κ2) is 8.53. The predicted octanol–water partition coefficient (Wildman–Crippen LogP) is 1.03. The van der Waals surface area contributed by atoms with Gasteiger partial charge in [0, 0.05) is 26.2 Å². The van der Waals surface area contributed by atoms with Crippen molar-refractivity contribution in [2.45, 2.75) is 19.4 Å². The van der Waals surface area contributed by atoms with Crippen molar-refractivity contribution >= 4 is 11.9 Å². The van der Waals surface area contributed by atoms with Crippen LogP contribution in [0, 0.1) is 5.92 Å². The molecule has 3 N–H and O–H groups in total. The van der Waals surface area contributed by atoms with Crippen LogP contribution in [0.4, 0.5) is 4.79 Å². The van der Waals surface area contributed by atoms with E-state index in [4.69, 9.17) is 5.73 Å². The van der Waals surface area contributed by atoms with Crippen LogP contribution in [-0.4, -0.2) is 55.0 Å². The molecule has 1 aliphatic heterocycles. The summed E-state index contributed by atoms with van der Waals surface area (Å²) in [6.45, 7) is 3.49. The fourth-order valence-electron chi connectivity index (χ4n) is 3.04. The number of rotatable bonds is 6. The molecule has 1 fully saturated rings. The van der Waals surface area contributed by atoms with Gasteiger partial charge in [0.2, 0.25) is 5.91 Å². The molecule has 1 aromatic rings. The Labute approximate surface area is 137 Å². The van der Waals surface area contributed by atoms with Gasteiger partial charge < -0.3 is 20.9 Å². The Morgan fingerprint density at radius 1 is 1.26 bits per heavy atom. The molecule has 0 spiro atoms. The first-order valence-corrected chi connectivity index (χ1v) is 8.08. The molecule has 1 saturated heterocycles. The number of likely N-dealkylation sites (tertiary alicyclic amines) is 1. The molecule has 0 aromatic heterocycles. The van der Waals surface area contributed by atoms with E-state index in [9.17, 15) is 9.59 Å². The number of carbonyl (C=O) groups excluding carboxylic acids is 2. The number of hydrogen-bond acceptors (Lipinski definition) is 3. The summed E-state index contributed by atoms with van der Waals surface area (Å²) in [5.41, 5.74) is 6.30. The Hall–Kier alpha value is -2.08. The molecule has 0 saturated carbocycles. The van der Waals surface area contributed by atoms with Crippen LogP contribution in [-0.2, 0) is 11.3 Å². The summed E-state index contributed by atoms with van der Waals surface area (Å²) in [7, 11) is 2.14. The molecule has 6 nitrogen and oxygen atoms in total. The lowest BCUT2D eigenvalue weighted by Gasteiger charge is -2.34. The third-order valence-corrected chi connectivity index (χ3v) is 4.25. The van der Waals surface area contributed by atoms with Gasteiger partial charge in [-0.3, -0.25) is 4.79 Å². The number of urea groups is 1. The lowest BCUT2D eigenvalue weighted by atomic mass is 9.96. The van der Waals surface area contributed by atoms with Crippen LogP contribution >= 0.6 is 0 Å². The summed E-state index contributed by atoms with van der Waals surface area (Å²) in [6, 6.07) is 9.78. The van der Waals surface area contributed by atoms with Gasteiger partial charge in [0.25, 0.3) is 0 Å². The molecule has 0 bridgehead atoms. The van der Waals surface area contributed by atoms with Gasteiger partial charge in [0.1, 0.15) is 0 Å². The SMILES string of the molecule is CN(Cc1ccccc1)CC1CCN(C(=O)CNC(N)=O)CC1. The molecule has 1 heterocycles. The third-order valence-electron chi connectivity index (χ3n) is 4.25. The summed E-state index contributed by atoms with van der Waals surface area (Å²) in [5, 5.41) is 2.35. The Kier molecular flexibility index (Phi) is 6.40. The van der Waals surface area contributed by atoms with Gasteiger partial charge >= 0.3 is 6.03 Å². The lowest BCUT2D eigenvalue weighted by molar-refractivity contribution is -0.131. The lowest BCUT2D eigenvalue weighted by Crippen LogP contribution is -2.46. The molecule has 2 rings (SSSR count). The van der Waals surface area contributed by atoms with E-state index in [-0.39, 0.29) is 12.5 Å². The number of benzene rings is 1. The standard InChI is InChI=1S/C17H26N4O2/c1-20(12-14-5-3-2-4-6-14)13-15-7-9-21(10-8-15)16(22)11-19-17(18)23/h2-6,15H,7-13H2,1H3,(H3,18,19,23). The Balaban J connectivity index is 1.70. The topological polar surface area (TPSA) is 78.7 Å². The summed E-state index contributed by atoms with van der Waals surface area (Å²) < 4.78 is 0. The summed E-state index contributed by atoms with van der Waals surface area (Å²) in [5.74, 6) is 0.553. The third kappa shape index (κ3) is 5.90. The van der Waals surface area contributed by atoms with Crippen LogP contribution in [0.1, 0.15) is 18.4 Å². The van der Waals surface area contributed by atoms with Crippen molar-refractivity contribution in [3.63, 3.8) is 0 Å². The highest BCUT2D eigenvalue weighted by atomic mass is 16.2. The van der Waals surface area contributed by atoms with Crippen molar-refractivity contribution in [1.82, 2.24) is 15.1 Å². The number of nitrogens with one attached hydrogen (secondary N) is 1. The Bertz CT molecular complexity index is 513. The minimum Gasteiger partial charge on any atom is -0.352 e. The van der Waals surface area contributed by atoms with Crippen LogP contribution in [0.15, 0.2) is 30.3 Å². The molecule has 0 aliphatic carbocycles. The molecule has 1 aliphatic rings. The smallest absolute Gasteiger partial charge is 0.312 e. The zero-order chi connectivity index (χ0) is 16.7. The molecular formula is C17H26N4O2. The zero-order valence-electron chi connectivity index (χ0n) is 13.7. The van der Waals surface area contributed by atoms with E-state index >= 15 is 0 Å². The van der Waals surface area contributed by atoms with Crippen molar-refractivity contribution < 1.29 is 9.59 Å². The van der Waals surface area contributed by atoms with Gasteiger partial charge in [-0.05, 0) is 31.4 Å². The van der Waals surface area contributed by atoms with Crippen molar-refractivity contribution in [3.8, 4) is 0 Å². The highest BCUT2D eigenvalue weighted by Gasteiger charge is 2.23. The van der Waals surface area contributed by atoms with Gasteiger partial charge in [-0.2, -0.15) is 0 Å². The highest BCUT2D eigenvalue weighted by Crippen LogP contribution is 2.18. The predicted molar refractivity (Wildman–Crippen MR) is 89.7 cm³/mol. The molecule has 0 atom stereocenters. The van der Waals surface area contributed by atoms with Gasteiger partial charge in [-0.1, -0.05) is 30.3 Å². The summed E-state index contributed by atoms with van der Waals surface area (Å²) in [6.07, 6.45) is 2.00. The summed E-state index contributed by atoms with van der Waals surface area (Å²) in [4.78, 5) is 26.7. The molecule has 6 heteroatoms. The van der Waals surface area contributed by atoms with E-state index in [2.05, 4.69) is 41.5 Å². The Morgan fingerprint density at radius 2 is 1.91 bits per heavy atom. The van der Waals surface area contributed by atoms with E-state index in [0.717, 1.165) is 39.0 Å². The van der Waals surface area contributed by atoms with E-state index in [1.807, 2.05) is 11.0 Å². The minimum atomic E-state index is -0.657. The molecule has 0 unspecified atom stereocenters. The van der Waals surface area contributed by atoms with Crippen LogP contribution < -0.4 is 11.1 Å². The molecule has 3 amide bonds. The van der Waals surface area contributed by atoms with Gasteiger partial charge in [-0.25, -0.2) is 4.79 Å². The quantitative estimate of drug-likeness (QED) is 0.822. The molecular weight excluding hydrogens is 292 g/mol. The van der Waals surface area contributed by atoms with Crippen molar-refractivity contribution in [3.05, 3.63) is 35.9 Å². The maximum Gasteiger partial charge on any atom is 0.312 e. The van der Waals surface area contributed by atoms with Crippen molar-refractivity contribution in [2.24, 2.45) is 11.7 Å². The van der Waals surface area contributed by atoms with Crippen LogP contribution in [0.3, 0.4) is 0 Å². The number of carbonyl (C=O) groups is 2. The van der Waals surface area contributed by atoms with Crippen molar-refractivity contribution in [1.29, 1.82) is 0 Å². The number of nitrogens with two attached hydrogens (primary N) is 1. The number of piperidine rings is 1. The molecule has 126 valence electrons. The minimum absolute atomic E-state index is 0.00604. The average molecular weight is 318 g/mol. The number of hydrogen-bond donors (Lipinski definition) is 2. The van der Waals surface area contributed by atoms with Crippen LogP contribution in [0.25, 0.3) is 0 Å². The zero-order valence-corrected chi connectivity index (χ0v) is 13.7.